The Morgan fingerprint density at radius 1 is 1.27 bits per heavy atom. The summed E-state index contributed by atoms with van der Waals surface area (Å²) in [6.07, 6.45) is 3.63. The quantitative estimate of drug-likeness (QED) is 0.334. The molecule has 140 valence electrons. The third-order valence-corrected chi connectivity index (χ3v) is 3.43. The zero-order valence-electron chi connectivity index (χ0n) is 16.3. The first kappa shape index (κ1) is 21.1. The zero-order chi connectivity index (χ0) is 19.9. The predicted molar refractivity (Wildman–Crippen MR) is 103 cm³/mol. The molecule has 0 fully saturated rings. The molecular weight excluding hydrogens is 328 g/mol. The molecule has 0 heterocycles. The maximum atomic E-state index is 9.32. The molecule has 0 radical (unpaired) electrons. The Morgan fingerprint density at radius 2 is 1.92 bits per heavy atom. The van der Waals surface area contributed by atoms with Crippen LogP contribution < -0.4 is 10.5 Å². The average molecular weight is 356 g/mol. The molecular formula is C20H28N4O2. The molecule has 6 nitrogen and oxygen atoms in total. The first-order valence-electron chi connectivity index (χ1n) is 8.51. The molecule has 0 unspecified atom stereocenters. The van der Waals surface area contributed by atoms with Gasteiger partial charge in [0.15, 0.2) is 0 Å². The molecule has 0 saturated carbocycles. The summed E-state index contributed by atoms with van der Waals surface area (Å²) < 4.78 is 5.60. The van der Waals surface area contributed by atoms with Gasteiger partial charge >= 0.3 is 0 Å². The Labute approximate surface area is 156 Å². The van der Waals surface area contributed by atoms with E-state index in [1.807, 2.05) is 40.7 Å². The standard InChI is InChI=1S/C20H28N4O2/c1-13(2)18(9-7-15(5)22)24(6)26-20(23)16-8-10-19(25-14(3)4)17(11-16)12-21/h7-11,13-14,23H,22H2,1-6H3/b15-7+,18-9+,23-20?. The van der Waals surface area contributed by atoms with Gasteiger partial charge in [-0.1, -0.05) is 13.8 Å². The van der Waals surface area contributed by atoms with E-state index in [4.69, 9.17) is 20.7 Å². The lowest BCUT2D eigenvalue weighted by Crippen LogP contribution is -2.25. The molecule has 0 aromatic heterocycles. The molecule has 1 rings (SSSR count). The van der Waals surface area contributed by atoms with Gasteiger partial charge in [-0.2, -0.15) is 5.26 Å². The summed E-state index contributed by atoms with van der Waals surface area (Å²) in [4.78, 5) is 5.64. The molecule has 0 spiro atoms. The number of nitriles is 1. The number of ether oxygens (including phenoxy) is 1. The van der Waals surface area contributed by atoms with Crippen molar-refractivity contribution in [2.24, 2.45) is 11.7 Å². The minimum Gasteiger partial charge on any atom is -0.490 e. The number of nitrogens with one attached hydrogen (secondary N) is 1. The molecule has 0 aliphatic rings. The van der Waals surface area contributed by atoms with Crippen LogP contribution in [0.15, 0.2) is 41.7 Å². The van der Waals surface area contributed by atoms with Crippen molar-refractivity contribution >= 4 is 5.90 Å². The lowest BCUT2D eigenvalue weighted by Gasteiger charge is -2.25. The van der Waals surface area contributed by atoms with E-state index in [1.54, 1.807) is 31.3 Å². The second kappa shape index (κ2) is 9.52. The summed E-state index contributed by atoms with van der Waals surface area (Å²) >= 11 is 0. The zero-order valence-corrected chi connectivity index (χ0v) is 16.3. The van der Waals surface area contributed by atoms with Gasteiger partial charge in [-0.25, -0.2) is 5.06 Å². The molecule has 1 aromatic rings. The first-order chi connectivity index (χ1) is 12.1. The van der Waals surface area contributed by atoms with Crippen LogP contribution in [0.5, 0.6) is 5.75 Å². The summed E-state index contributed by atoms with van der Waals surface area (Å²) in [5.41, 5.74) is 8.11. The number of hydroxylamine groups is 2. The van der Waals surface area contributed by atoms with E-state index in [2.05, 4.69) is 6.07 Å². The highest BCUT2D eigenvalue weighted by Gasteiger charge is 2.15. The van der Waals surface area contributed by atoms with E-state index in [-0.39, 0.29) is 17.9 Å². The van der Waals surface area contributed by atoms with Crippen molar-refractivity contribution in [1.82, 2.24) is 5.06 Å². The number of nitrogens with zero attached hydrogens (tertiary/aromatic N) is 2. The van der Waals surface area contributed by atoms with Crippen molar-refractivity contribution in [1.29, 1.82) is 10.7 Å². The number of hydrogen-bond acceptors (Lipinski definition) is 6. The van der Waals surface area contributed by atoms with Crippen molar-refractivity contribution in [3.05, 3.63) is 52.9 Å². The van der Waals surface area contributed by atoms with Gasteiger partial charge in [0.05, 0.1) is 17.4 Å². The number of benzene rings is 1. The van der Waals surface area contributed by atoms with Gasteiger partial charge in [-0.3, -0.25) is 5.41 Å². The molecule has 0 aliphatic heterocycles. The third kappa shape index (κ3) is 6.17. The fraction of sp³-hybridized carbons (Fsp3) is 0.400. The highest BCUT2D eigenvalue weighted by Crippen LogP contribution is 2.22. The molecule has 1 aromatic carbocycles. The number of rotatable bonds is 7. The van der Waals surface area contributed by atoms with E-state index in [9.17, 15) is 5.26 Å². The smallest absolute Gasteiger partial charge is 0.246 e. The molecule has 0 bridgehead atoms. The molecule has 26 heavy (non-hydrogen) atoms. The predicted octanol–water partition coefficient (Wildman–Crippen LogP) is 3.94. The minimum atomic E-state index is -0.0555. The van der Waals surface area contributed by atoms with E-state index in [1.165, 1.54) is 5.06 Å². The minimum absolute atomic E-state index is 0.0346. The monoisotopic (exact) mass is 356 g/mol. The Balaban J connectivity index is 3.01. The van der Waals surface area contributed by atoms with Crippen molar-refractivity contribution in [2.45, 2.75) is 40.7 Å². The first-order valence-corrected chi connectivity index (χ1v) is 8.51. The summed E-state index contributed by atoms with van der Waals surface area (Å²) in [6, 6.07) is 7.09. The van der Waals surface area contributed by atoms with Crippen LogP contribution in [0, 0.1) is 22.7 Å². The van der Waals surface area contributed by atoms with Gasteiger partial charge in [0, 0.05) is 18.3 Å². The van der Waals surface area contributed by atoms with Gasteiger partial charge in [0.1, 0.15) is 11.8 Å². The Bertz CT molecular complexity index is 739. The number of hydrogen-bond donors (Lipinski definition) is 2. The normalized spacial score (nSPS) is 12.1. The van der Waals surface area contributed by atoms with Crippen molar-refractivity contribution < 1.29 is 9.57 Å². The van der Waals surface area contributed by atoms with Crippen LogP contribution in [0.4, 0.5) is 0 Å². The largest absolute Gasteiger partial charge is 0.490 e. The summed E-state index contributed by atoms with van der Waals surface area (Å²) in [5, 5.41) is 19.1. The second-order valence-electron chi connectivity index (χ2n) is 6.56. The van der Waals surface area contributed by atoms with Crippen LogP contribution in [-0.4, -0.2) is 24.1 Å². The van der Waals surface area contributed by atoms with Crippen LogP contribution in [-0.2, 0) is 4.84 Å². The maximum absolute atomic E-state index is 9.32. The molecule has 0 aliphatic carbocycles. The number of allylic oxidation sites excluding steroid dienone is 4. The van der Waals surface area contributed by atoms with E-state index in [0.29, 0.717) is 22.6 Å². The van der Waals surface area contributed by atoms with E-state index in [0.717, 1.165) is 5.70 Å². The van der Waals surface area contributed by atoms with Crippen molar-refractivity contribution in [3.8, 4) is 11.8 Å². The van der Waals surface area contributed by atoms with Crippen LogP contribution >= 0.6 is 0 Å². The van der Waals surface area contributed by atoms with Crippen LogP contribution in [0.3, 0.4) is 0 Å². The summed E-state index contributed by atoms with van der Waals surface area (Å²) in [6.45, 7) is 9.65. The van der Waals surface area contributed by atoms with Crippen LogP contribution in [0.2, 0.25) is 0 Å². The fourth-order valence-corrected chi connectivity index (χ4v) is 2.24. The second-order valence-corrected chi connectivity index (χ2v) is 6.56. The lowest BCUT2D eigenvalue weighted by atomic mass is 10.1. The highest BCUT2D eigenvalue weighted by molar-refractivity contribution is 5.92. The Hall–Kier alpha value is -2.94. The van der Waals surface area contributed by atoms with Crippen LogP contribution in [0.25, 0.3) is 0 Å². The van der Waals surface area contributed by atoms with Gasteiger partial charge in [-0.05, 0) is 57.0 Å². The Kier molecular flexibility index (Phi) is 7.73. The molecule has 0 amide bonds. The third-order valence-electron chi connectivity index (χ3n) is 3.43. The molecule has 3 N–H and O–H groups in total. The van der Waals surface area contributed by atoms with Gasteiger partial charge < -0.3 is 15.3 Å². The van der Waals surface area contributed by atoms with Crippen molar-refractivity contribution in [3.63, 3.8) is 0 Å². The van der Waals surface area contributed by atoms with Gasteiger partial charge in [0.25, 0.3) is 0 Å². The topological polar surface area (TPSA) is 95.4 Å². The lowest BCUT2D eigenvalue weighted by molar-refractivity contribution is -0.0190. The Morgan fingerprint density at radius 3 is 2.42 bits per heavy atom. The maximum Gasteiger partial charge on any atom is 0.246 e. The molecule has 6 heteroatoms. The fourth-order valence-electron chi connectivity index (χ4n) is 2.24. The van der Waals surface area contributed by atoms with Crippen LogP contribution in [0.1, 0.15) is 45.7 Å². The molecule has 0 saturated heterocycles. The van der Waals surface area contributed by atoms with Crippen molar-refractivity contribution in [2.75, 3.05) is 7.05 Å². The highest BCUT2D eigenvalue weighted by atomic mass is 16.7. The van der Waals surface area contributed by atoms with E-state index < -0.39 is 0 Å². The van der Waals surface area contributed by atoms with Gasteiger partial charge in [0.2, 0.25) is 5.90 Å². The summed E-state index contributed by atoms with van der Waals surface area (Å²) in [5.74, 6) is 0.624. The SMILES string of the molecule is C/C(N)=C\C=C(/C(C)C)N(C)OC(=N)c1ccc(OC(C)C)c(C#N)c1. The van der Waals surface area contributed by atoms with E-state index >= 15 is 0 Å². The summed E-state index contributed by atoms with van der Waals surface area (Å²) in [7, 11) is 1.74. The average Bonchev–Trinajstić information content (AvgIpc) is 2.54. The van der Waals surface area contributed by atoms with Gasteiger partial charge in [-0.15, -0.1) is 0 Å². The number of nitrogens with two attached hydrogens (primary N) is 1. The molecule has 0 atom stereocenters.